The molecule has 0 aliphatic carbocycles. The molecular formula is C22H24N4O3. The molecule has 2 N–H and O–H groups in total. The zero-order valence-electron chi connectivity index (χ0n) is 16.7. The summed E-state index contributed by atoms with van der Waals surface area (Å²) in [6, 6.07) is 15.3. The van der Waals surface area contributed by atoms with E-state index in [1.165, 1.54) is 6.21 Å². The highest BCUT2D eigenvalue weighted by Gasteiger charge is 2.24. The molecule has 2 aromatic carbocycles. The minimum atomic E-state index is -0.730. The van der Waals surface area contributed by atoms with Crippen LogP contribution in [-0.2, 0) is 4.79 Å². The molecule has 0 saturated carbocycles. The quantitative estimate of drug-likeness (QED) is 0.532. The fraction of sp³-hybridized carbons (Fsp3) is 0.273. The van der Waals surface area contributed by atoms with Crippen molar-refractivity contribution >= 4 is 18.0 Å². The van der Waals surface area contributed by atoms with Crippen molar-refractivity contribution < 1.29 is 14.3 Å². The Labute approximate surface area is 170 Å². The minimum Gasteiger partial charge on any atom is -0.479 e. The van der Waals surface area contributed by atoms with E-state index in [9.17, 15) is 9.59 Å². The van der Waals surface area contributed by atoms with E-state index in [4.69, 9.17) is 10.00 Å². The number of hydrogen-bond donors (Lipinski definition) is 2. The fourth-order valence-electron chi connectivity index (χ4n) is 2.50. The average Bonchev–Trinajstić information content (AvgIpc) is 2.70. The third kappa shape index (κ3) is 6.78. The zero-order chi connectivity index (χ0) is 21.2. The summed E-state index contributed by atoms with van der Waals surface area (Å²) in [5.74, 6) is -0.312. The van der Waals surface area contributed by atoms with Crippen molar-refractivity contribution in [2.24, 2.45) is 11.0 Å². The molecule has 2 rings (SSSR count). The van der Waals surface area contributed by atoms with Gasteiger partial charge in [0.25, 0.3) is 11.8 Å². The number of nitrogens with zero attached hydrogens (tertiary/aromatic N) is 2. The number of rotatable bonds is 8. The van der Waals surface area contributed by atoms with Crippen molar-refractivity contribution in [1.29, 1.82) is 5.26 Å². The van der Waals surface area contributed by atoms with Crippen LogP contribution < -0.4 is 15.5 Å². The van der Waals surface area contributed by atoms with Crippen LogP contribution in [0.15, 0.2) is 53.6 Å². The lowest BCUT2D eigenvalue weighted by Crippen LogP contribution is -2.48. The highest BCUT2D eigenvalue weighted by molar-refractivity contribution is 5.97. The number of aryl methyl sites for hydroxylation is 1. The highest BCUT2D eigenvalue weighted by Crippen LogP contribution is 2.12. The molecule has 2 amide bonds. The van der Waals surface area contributed by atoms with Crippen LogP contribution in [-0.4, -0.2) is 30.7 Å². The molecule has 0 radical (unpaired) electrons. The normalized spacial score (nSPS) is 11.7. The third-order valence-corrected chi connectivity index (χ3v) is 4.10. The van der Waals surface area contributed by atoms with Crippen LogP contribution >= 0.6 is 0 Å². The summed E-state index contributed by atoms with van der Waals surface area (Å²) in [5, 5.41) is 15.3. The van der Waals surface area contributed by atoms with Gasteiger partial charge in [-0.2, -0.15) is 10.4 Å². The molecule has 2 aromatic rings. The Kier molecular flexibility index (Phi) is 7.92. The Morgan fingerprint density at radius 2 is 1.93 bits per heavy atom. The molecule has 0 aliphatic heterocycles. The van der Waals surface area contributed by atoms with Crippen molar-refractivity contribution in [3.05, 3.63) is 65.2 Å². The number of nitrogens with one attached hydrogen (secondary N) is 2. The second-order valence-electron chi connectivity index (χ2n) is 6.81. The molecule has 0 spiro atoms. The standard InChI is InChI=1S/C22H24N4O3/c1-15(2)20(25-21(27)18-9-7-16(3)8-10-18)22(28)26-24-14-17-5-4-6-19(13-17)29-12-11-23/h4-10,13-15,20H,12H2,1-3H3,(H,25,27)(H,26,28). The summed E-state index contributed by atoms with van der Waals surface area (Å²) in [6.45, 7) is 5.59. The van der Waals surface area contributed by atoms with Gasteiger partial charge in [-0.25, -0.2) is 5.43 Å². The summed E-state index contributed by atoms with van der Waals surface area (Å²) < 4.78 is 5.23. The Morgan fingerprint density at radius 3 is 2.59 bits per heavy atom. The lowest BCUT2D eigenvalue weighted by Gasteiger charge is -2.20. The van der Waals surface area contributed by atoms with Crippen LogP contribution in [0.25, 0.3) is 0 Å². The first-order chi connectivity index (χ1) is 13.9. The maximum atomic E-state index is 12.5. The van der Waals surface area contributed by atoms with Crippen molar-refractivity contribution in [2.75, 3.05) is 6.61 Å². The zero-order valence-corrected chi connectivity index (χ0v) is 16.7. The van der Waals surface area contributed by atoms with Gasteiger partial charge in [-0.3, -0.25) is 9.59 Å². The number of carbonyl (C=O) groups excluding carboxylic acids is 2. The van der Waals surface area contributed by atoms with E-state index in [2.05, 4.69) is 15.8 Å². The van der Waals surface area contributed by atoms with Gasteiger partial charge in [-0.05, 0) is 42.7 Å². The number of hydrazone groups is 1. The van der Waals surface area contributed by atoms with E-state index in [1.807, 2.05) is 39.0 Å². The maximum absolute atomic E-state index is 12.5. The number of amides is 2. The van der Waals surface area contributed by atoms with E-state index in [0.29, 0.717) is 16.9 Å². The highest BCUT2D eigenvalue weighted by atomic mass is 16.5. The largest absolute Gasteiger partial charge is 0.479 e. The van der Waals surface area contributed by atoms with Crippen LogP contribution in [0.1, 0.15) is 35.3 Å². The minimum absolute atomic E-state index is 0.0475. The molecule has 0 bridgehead atoms. The summed E-state index contributed by atoms with van der Waals surface area (Å²) in [5.41, 5.74) is 4.71. The van der Waals surface area contributed by atoms with E-state index < -0.39 is 11.9 Å². The van der Waals surface area contributed by atoms with Gasteiger partial charge in [-0.15, -0.1) is 0 Å². The Hall–Kier alpha value is -3.66. The second kappa shape index (κ2) is 10.6. The number of nitriles is 1. The second-order valence-corrected chi connectivity index (χ2v) is 6.81. The predicted molar refractivity (Wildman–Crippen MR) is 111 cm³/mol. The first kappa shape index (κ1) is 21.6. The maximum Gasteiger partial charge on any atom is 0.262 e. The van der Waals surface area contributed by atoms with Crippen molar-refractivity contribution in [3.63, 3.8) is 0 Å². The molecule has 7 nitrogen and oxygen atoms in total. The van der Waals surface area contributed by atoms with Gasteiger partial charge in [-0.1, -0.05) is 43.7 Å². The monoisotopic (exact) mass is 392 g/mol. The van der Waals surface area contributed by atoms with Gasteiger partial charge in [0.2, 0.25) is 0 Å². The van der Waals surface area contributed by atoms with E-state index in [-0.39, 0.29) is 18.4 Å². The van der Waals surface area contributed by atoms with Crippen LogP contribution in [0.5, 0.6) is 5.75 Å². The van der Waals surface area contributed by atoms with Gasteiger partial charge in [0.15, 0.2) is 6.61 Å². The van der Waals surface area contributed by atoms with Gasteiger partial charge in [0.05, 0.1) is 6.21 Å². The van der Waals surface area contributed by atoms with Crippen LogP contribution in [0.2, 0.25) is 0 Å². The van der Waals surface area contributed by atoms with Gasteiger partial charge in [0, 0.05) is 5.56 Å². The summed E-state index contributed by atoms with van der Waals surface area (Å²) >= 11 is 0. The number of carbonyl (C=O) groups is 2. The SMILES string of the molecule is Cc1ccc(C(=O)NC(C(=O)NN=Cc2cccc(OCC#N)c2)C(C)C)cc1. The number of ether oxygens (including phenoxy) is 1. The third-order valence-electron chi connectivity index (χ3n) is 4.10. The van der Waals surface area contributed by atoms with Crippen LogP contribution in [0.4, 0.5) is 0 Å². The molecule has 1 unspecified atom stereocenters. The van der Waals surface area contributed by atoms with Crippen molar-refractivity contribution in [3.8, 4) is 11.8 Å². The van der Waals surface area contributed by atoms with Gasteiger partial charge < -0.3 is 10.1 Å². The number of hydrogen-bond acceptors (Lipinski definition) is 5. The topological polar surface area (TPSA) is 104 Å². The molecule has 0 fully saturated rings. The first-order valence-corrected chi connectivity index (χ1v) is 9.21. The van der Waals surface area contributed by atoms with Crippen molar-refractivity contribution in [1.82, 2.24) is 10.7 Å². The summed E-state index contributed by atoms with van der Waals surface area (Å²) in [6.07, 6.45) is 1.47. The molecule has 0 heterocycles. The summed E-state index contributed by atoms with van der Waals surface area (Å²) in [4.78, 5) is 24.9. The van der Waals surface area contributed by atoms with Gasteiger partial charge in [0.1, 0.15) is 17.9 Å². The molecule has 0 aliphatic rings. The lowest BCUT2D eigenvalue weighted by molar-refractivity contribution is -0.123. The molecule has 0 saturated heterocycles. The lowest BCUT2D eigenvalue weighted by atomic mass is 10.0. The summed E-state index contributed by atoms with van der Waals surface area (Å²) in [7, 11) is 0. The van der Waals surface area contributed by atoms with Gasteiger partial charge >= 0.3 is 0 Å². The molecular weight excluding hydrogens is 368 g/mol. The van der Waals surface area contributed by atoms with Crippen LogP contribution in [0.3, 0.4) is 0 Å². The average molecular weight is 392 g/mol. The van der Waals surface area contributed by atoms with Crippen LogP contribution in [0, 0.1) is 24.2 Å². The Bertz CT molecular complexity index is 914. The first-order valence-electron chi connectivity index (χ1n) is 9.21. The predicted octanol–water partition coefficient (Wildman–Crippen LogP) is 2.80. The molecule has 1 atom stereocenters. The smallest absolute Gasteiger partial charge is 0.262 e. The fourth-order valence-corrected chi connectivity index (χ4v) is 2.50. The Morgan fingerprint density at radius 1 is 1.21 bits per heavy atom. The molecule has 29 heavy (non-hydrogen) atoms. The molecule has 0 aromatic heterocycles. The Balaban J connectivity index is 1.99. The van der Waals surface area contributed by atoms with Crippen molar-refractivity contribution in [2.45, 2.75) is 26.8 Å². The van der Waals surface area contributed by atoms with E-state index in [0.717, 1.165) is 5.56 Å². The molecule has 7 heteroatoms. The number of benzene rings is 2. The van der Waals surface area contributed by atoms with E-state index >= 15 is 0 Å². The van der Waals surface area contributed by atoms with E-state index in [1.54, 1.807) is 36.4 Å². The molecule has 150 valence electrons.